The van der Waals surface area contributed by atoms with Crippen LogP contribution in [0.1, 0.15) is 23.2 Å². The Labute approximate surface area is 198 Å². The van der Waals surface area contributed by atoms with E-state index in [0.29, 0.717) is 58.7 Å². The molecule has 2 saturated heterocycles. The number of alkyl halides is 3. The molecule has 2 fully saturated rings. The number of carbonyl (C=O) groups excluding carboxylic acids is 1. The predicted molar refractivity (Wildman–Crippen MR) is 124 cm³/mol. The van der Waals surface area contributed by atoms with Gasteiger partial charge in [-0.15, -0.1) is 0 Å². The highest BCUT2D eigenvalue weighted by molar-refractivity contribution is 5.97. The van der Waals surface area contributed by atoms with Crippen molar-refractivity contribution in [1.82, 2.24) is 34.3 Å². The standard InChI is InChI=1S/C24H24F3N7O/c1-32-21-17(9-16(11-30-21)23(35)33-8-5-14-4-7-28-18(14)12-33)31-22(32)19-10-15-3-2-6-29-20(15)34(19)13-24(25,26)27/h2-3,6,9-11,14,18,28H,4-5,7-8,12-13H2,1H3/t14-,18+/m0/s1. The number of halogens is 3. The number of rotatable bonds is 3. The third kappa shape index (κ3) is 3.83. The van der Waals surface area contributed by atoms with Crippen LogP contribution in [0.4, 0.5) is 13.2 Å². The largest absolute Gasteiger partial charge is 0.406 e. The number of carbonyl (C=O) groups is 1. The molecule has 182 valence electrons. The molecule has 11 heteroatoms. The predicted octanol–water partition coefficient (Wildman–Crippen LogP) is 3.37. The highest BCUT2D eigenvalue weighted by Crippen LogP contribution is 2.32. The quantitative estimate of drug-likeness (QED) is 0.483. The SMILES string of the molecule is Cn1c(-c2cc3cccnc3n2CC(F)(F)F)nc2cc(C(=O)N3CC[C@@H]4CCN[C@@H]4C3)cnc21. The summed E-state index contributed by atoms with van der Waals surface area (Å²) in [7, 11) is 1.71. The minimum absolute atomic E-state index is 0.103. The average molecular weight is 483 g/mol. The van der Waals surface area contributed by atoms with E-state index >= 15 is 0 Å². The lowest BCUT2D eigenvalue weighted by atomic mass is 9.92. The maximum Gasteiger partial charge on any atom is 0.406 e. The van der Waals surface area contributed by atoms with E-state index in [9.17, 15) is 18.0 Å². The average Bonchev–Trinajstić information content (AvgIpc) is 3.53. The van der Waals surface area contributed by atoms with Crippen LogP contribution in [0.15, 0.2) is 36.7 Å². The number of likely N-dealkylation sites (tertiary alicyclic amines) is 1. The number of pyridine rings is 2. The Hall–Kier alpha value is -3.47. The maximum atomic E-state index is 13.4. The summed E-state index contributed by atoms with van der Waals surface area (Å²) >= 11 is 0. The molecule has 1 amide bonds. The molecule has 0 aliphatic carbocycles. The van der Waals surface area contributed by atoms with Gasteiger partial charge in [-0.25, -0.2) is 15.0 Å². The molecule has 6 rings (SSSR count). The van der Waals surface area contributed by atoms with Crippen LogP contribution >= 0.6 is 0 Å². The van der Waals surface area contributed by atoms with Gasteiger partial charge in [0.25, 0.3) is 5.91 Å². The summed E-state index contributed by atoms with van der Waals surface area (Å²) in [5.74, 6) is 0.848. The van der Waals surface area contributed by atoms with Crippen LogP contribution in [-0.4, -0.2) is 66.7 Å². The van der Waals surface area contributed by atoms with Gasteiger partial charge in [-0.2, -0.15) is 13.2 Å². The second-order valence-electron chi connectivity index (χ2n) is 9.36. The molecule has 4 aromatic heterocycles. The summed E-state index contributed by atoms with van der Waals surface area (Å²) in [4.78, 5) is 28.3. The fourth-order valence-corrected chi connectivity index (χ4v) is 5.43. The van der Waals surface area contributed by atoms with Crippen molar-refractivity contribution in [1.29, 1.82) is 0 Å². The van der Waals surface area contributed by atoms with Gasteiger partial charge in [-0.05, 0) is 49.6 Å². The Bertz CT molecular complexity index is 1440. The number of nitrogens with one attached hydrogen (secondary N) is 1. The molecule has 1 N–H and O–H groups in total. The zero-order valence-corrected chi connectivity index (χ0v) is 19.1. The van der Waals surface area contributed by atoms with Crippen molar-refractivity contribution in [2.75, 3.05) is 19.6 Å². The second-order valence-corrected chi connectivity index (χ2v) is 9.36. The topological polar surface area (TPSA) is 80.9 Å². The van der Waals surface area contributed by atoms with Gasteiger partial charge in [0.15, 0.2) is 11.5 Å². The lowest BCUT2D eigenvalue weighted by Gasteiger charge is -2.34. The van der Waals surface area contributed by atoms with Crippen LogP contribution in [0, 0.1) is 5.92 Å². The van der Waals surface area contributed by atoms with Crippen molar-refractivity contribution in [2.24, 2.45) is 13.0 Å². The Kier molecular flexibility index (Phi) is 5.06. The van der Waals surface area contributed by atoms with Gasteiger partial charge in [0.2, 0.25) is 0 Å². The number of fused-ring (bicyclic) bond motifs is 3. The third-order valence-electron chi connectivity index (χ3n) is 7.14. The van der Waals surface area contributed by atoms with Crippen molar-refractivity contribution in [3.63, 3.8) is 0 Å². The number of piperidine rings is 1. The van der Waals surface area contributed by atoms with Crippen LogP contribution in [-0.2, 0) is 13.6 Å². The van der Waals surface area contributed by atoms with Crippen LogP contribution in [0.3, 0.4) is 0 Å². The first-order valence-electron chi connectivity index (χ1n) is 11.6. The molecule has 8 nitrogen and oxygen atoms in total. The van der Waals surface area contributed by atoms with Gasteiger partial charge >= 0.3 is 6.18 Å². The Morgan fingerprint density at radius 2 is 2.06 bits per heavy atom. The van der Waals surface area contributed by atoms with Gasteiger partial charge in [0.05, 0.1) is 11.3 Å². The third-order valence-corrected chi connectivity index (χ3v) is 7.14. The minimum atomic E-state index is -4.43. The van der Waals surface area contributed by atoms with Crippen molar-refractivity contribution < 1.29 is 18.0 Å². The summed E-state index contributed by atoms with van der Waals surface area (Å²) in [6, 6.07) is 7.06. The van der Waals surface area contributed by atoms with Crippen molar-refractivity contribution in [3.05, 3.63) is 42.2 Å². The number of aryl methyl sites for hydroxylation is 1. The molecule has 4 aromatic rings. The van der Waals surface area contributed by atoms with Gasteiger partial charge in [-0.1, -0.05) is 0 Å². The first kappa shape index (κ1) is 22.0. The molecular weight excluding hydrogens is 459 g/mol. The second kappa shape index (κ2) is 8.04. The van der Waals surface area contributed by atoms with E-state index in [4.69, 9.17) is 0 Å². The van der Waals surface area contributed by atoms with Gasteiger partial charge in [0, 0.05) is 44.0 Å². The molecule has 0 unspecified atom stereocenters. The Morgan fingerprint density at radius 3 is 2.89 bits per heavy atom. The smallest absolute Gasteiger partial charge is 0.337 e. The molecule has 0 spiro atoms. The molecule has 0 radical (unpaired) electrons. The monoisotopic (exact) mass is 483 g/mol. The van der Waals surface area contributed by atoms with E-state index < -0.39 is 12.7 Å². The van der Waals surface area contributed by atoms with E-state index in [1.807, 2.05) is 4.90 Å². The zero-order chi connectivity index (χ0) is 24.3. The van der Waals surface area contributed by atoms with Gasteiger partial charge in [0.1, 0.15) is 17.7 Å². The van der Waals surface area contributed by atoms with Crippen LogP contribution in [0.25, 0.3) is 33.7 Å². The lowest BCUT2D eigenvalue weighted by molar-refractivity contribution is -0.139. The molecular formula is C24H24F3N7O. The van der Waals surface area contributed by atoms with E-state index in [1.165, 1.54) is 12.4 Å². The van der Waals surface area contributed by atoms with Crippen LogP contribution in [0.2, 0.25) is 0 Å². The Balaban J connectivity index is 1.38. The number of imidazole rings is 1. The van der Waals surface area contributed by atoms with Gasteiger partial charge < -0.3 is 19.4 Å². The fourth-order valence-electron chi connectivity index (χ4n) is 5.43. The molecule has 6 heterocycles. The summed E-state index contributed by atoms with van der Waals surface area (Å²) in [6.45, 7) is 1.17. The number of nitrogens with zero attached hydrogens (tertiary/aromatic N) is 6. The number of hydrogen-bond acceptors (Lipinski definition) is 5. The van der Waals surface area contributed by atoms with Crippen molar-refractivity contribution in [2.45, 2.75) is 31.6 Å². The van der Waals surface area contributed by atoms with Crippen LogP contribution < -0.4 is 5.32 Å². The fraction of sp³-hybridized carbons (Fsp3) is 0.417. The van der Waals surface area contributed by atoms with Crippen molar-refractivity contribution in [3.8, 4) is 11.5 Å². The maximum absolute atomic E-state index is 13.4. The first-order chi connectivity index (χ1) is 16.8. The summed E-state index contributed by atoms with van der Waals surface area (Å²) in [5.41, 5.74) is 1.90. The molecule has 35 heavy (non-hydrogen) atoms. The lowest BCUT2D eigenvalue weighted by Crippen LogP contribution is -2.48. The van der Waals surface area contributed by atoms with E-state index in [2.05, 4.69) is 20.3 Å². The normalized spacial score (nSPS) is 20.6. The number of amides is 1. The zero-order valence-electron chi connectivity index (χ0n) is 19.1. The number of aromatic nitrogens is 5. The Morgan fingerprint density at radius 1 is 1.20 bits per heavy atom. The molecule has 0 bridgehead atoms. The number of hydrogen-bond donors (Lipinski definition) is 1. The van der Waals surface area contributed by atoms with E-state index in [-0.39, 0.29) is 11.6 Å². The molecule has 2 atom stereocenters. The first-order valence-corrected chi connectivity index (χ1v) is 11.6. The van der Waals surface area contributed by atoms with Crippen molar-refractivity contribution >= 4 is 28.1 Å². The van der Waals surface area contributed by atoms with E-state index in [1.54, 1.807) is 35.9 Å². The van der Waals surface area contributed by atoms with Crippen LogP contribution in [0.5, 0.6) is 0 Å². The molecule has 2 aliphatic rings. The summed E-state index contributed by atoms with van der Waals surface area (Å²) < 4.78 is 43.0. The highest BCUT2D eigenvalue weighted by atomic mass is 19.4. The van der Waals surface area contributed by atoms with Gasteiger partial charge in [-0.3, -0.25) is 4.79 Å². The highest BCUT2D eigenvalue weighted by Gasteiger charge is 2.35. The van der Waals surface area contributed by atoms with E-state index in [0.717, 1.165) is 24.0 Å². The molecule has 0 aromatic carbocycles. The summed E-state index contributed by atoms with van der Waals surface area (Å²) in [6.07, 6.45) is 0.693. The molecule has 0 saturated carbocycles. The summed E-state index contributed by atoms with van der Waals surface area (Å²) in [5, 5.41) is 4.06. The minimum Gasteiger partial charge on any atom is -0.337 e. The molecule has 2 aliphatic heterocycles.